The number of likely N-dealkylation sites (tertiary alicyclic amines) is 1. The molecule has 0 saturated carbocycles. The lowest BCUT2D eigenvalue weighted by atomic mass is 9.83. The van der Waals surface area contributed by atoms with Crippen molar-refractivity contribution in [2.75, 3.05) is 20.1 Å². The molecule has 0 radical (unpaired) electrons. The Balaban J connectivity index is 1.65. The summed E-state index contributed by atoms with van der Waals surface area (Å²) < 4.78 is 14.0. The first-order chi connectivity index (χ1) is 16.1. The van der Waals surface area contributed by atoms with Crippen molar-refractivity contribution in [3.63, 3.8) is 0 Å². The highest BCUT2D eigenvalue weighted by molar-refractivity contribution is 6.30. The number of aromatic hydroxyl groups is 1. The van der Waals surface area contributed by atoms with Crippen LogP contribution in [0.2, 0.25) is 5.02 Å². The molecule has 2 heterocycles. The summed E-state index contributed by atoms with van der Waals surface area (Å²) in [5.41, 5.74) is 2.34. The van der Waals surface area contributed by atoms with Gasteiger partial charge in [0.15, 0.2) is 0 Å². The van der Waals surface area contributed by atoms with Gasteiger partial charge in [-0.25, -0.2) is 9.37 Å². The summed E-state index contributed by atoms with van der Waals surface area (Å²) in [7, 11) is 2.05. The van der Waals surface area contributed by atoms with E-state index in [0.717, 1.165) is 19.2 Å². The van der Waals surface area contributed by atoms with Crippen LogP contribution in [0.4, 0.5) is 4.39 Å². The zero-order valence-corrected chi connectivity index (χ0v) is 19.9. The van der Waals surface area contributed by atoms with Crippen molar-refractivity contribution in [2.45, 2.75) is 19.9 Å². The number of carbonyl (C=O) groups is 1. The molecule has 1 aliphatic heterocycles. The Morgan fingerprint density at radius 2 is 1.91 bits per heavy atom. The summed E-state index contributed by atoms with van der Waals surface area (Å²) in [5, 5.41) is 13.8. The predicted octanol–water partition coefficient (Wildman–Crippen LogP) is 4.71. The fourth-order valence-electron chi connectivity index (χ4n) is 4.26. The monoisotopic (exact) mass is 477 g/mol. The van der Waals surface area contributed by atoms with Gasteiger partial charge >= 0.3 is 0 Å². The van der Waals surface area contributed by atoms with Crippen LogP contribution in [0.5, 0.6) is 5.75 Å². The second-order valence-corrected chi connectivity index (χ2v) is 9.46. The second-order valence-electron chi connectivity index (χ2n) is 9.03. The third-order valence-electron chi connectivity index (χ3n) is 5.71. The van der Waals surface area contributed by atoms with Crippen LogP contribution >= 0.6 is 11.6 Å². The number of phenols is 1. The lowest BCUT2D eigenvalue weighted by molar-refractivity contribution is 0.0916. The number of carbonyl (C=O) groups excluding carboxylic acids is 1. The third kappa shape index (κ3) is 5.39. The quantitative estimate of drug-likeness (QED) is 0.534. The number of pyridine rings is 1. The van der Waals surface area contributed by atoms with E-state index in [1.165, 1.54) is 12.1 Å². The Morgan fingerprint density at radius 1 is 1.21 bits per heavy atom. The molecule has 1 atom stereocenters. The van der Waals surface area contributed by atoms with Crippen molar-refractivity contribution < 1.29 is 14.3 Å². The van der Waals surface area contributed by atoms with Crippen molar-refractivity contribution in [2.24, 2.45) is 5.41 Å². The van der Waals surface area contributed by atoms with Crippen molar-refractivity contribution in [1.82, 2.24) is 15.2 Å². The van der Waals surface area contributed by atoms with Crippen LogP contribution in [-0.2, 0) is 0 Å². The summed E-state index contributed by atoms with van der Waals surface area (Å²) in [6, 6.07) is 13.1. The summed E-state index contributed by atoms with van der Waals surface area (Å²) >= 11 is 6.02. The van der Waals surface area contributed by atoms with Gasteiger partial charge in [0.2, 0.25) is 0 Å². The number of hydrogen-bond donors (Lipinski definition) is 2. The molecule has 34 heavy (non-hydrogen) atoms. The number of amides is 1. The zero-order chi connectivity index (χ0) is 24.5. The van der Waals surface area contributed by atoms with Crippen molar-refractivity contribution in [1.29, 1.82) is 0 Å². The van der Waals surface area contributed by atoms with Crippen LogP contribution < -0.4 is 5.32 Å². The molecule has 0 spiro atoms. The molecule has 2 N–H and O–H groups in total. The van der Waals surface area contributed by atoms with Crippen LogP contribution in [0.25, 0.3) is 0 Å². The predicted molar refractivity (Wildman–Crippen MR) is 130 cm³/mol. The molecule has 5 nitrogen and oxygen atoms in total. The zero-order valence-electron chi connectivity index (χ0n) is 19.2. The van der Waals surface area contributed by atoms with E-state index in [0.29, 0.717) is 21.8 Å². The minimum Gasteiger partial charge on any atom is -0.508 e. The topological polar surface area (TPSA) is 65.5 Å². The van der Waals surface area contributed by atoms with Gasteiger partial charge in [0.1, 0.15) is 17.3 Å². The fourth-order valence-corrected chi connectivity index (χ4v) is 4.39. The highest BCUT2D eigenvalue weighted by atomic mass is 35.5. The lowest BCUT2D eigenvalue weighted by Crippen LogP contribution is -2.51. The number of rotatable bonds is 4. The maximum absolute atomic E-state index is 14.0. The van der Waals surface area contributed by atoms with Crippen LogP contribution in [-0.4, -0.2) is 41.0 Å². The normalized spacial score (nSPS) is 15.6. The van der Waals surface area contributed by atoms with Gasteiger partial charge in [0.05, 0.1) is 11.5 Å². The Kier molecular flexibility index (Phi) is 6.60. The van der Waals surface area contributed by atoms with Gasteiger partial charge in [-0.15, -0.1) is 0 Å². The van der Waals surface area contributed by atoms with E-state index in [2.05, 4.69) is 41.0 Å². The molecule has 1 aliphatic rings. The first-order valence-corrected chi connectivity index (χ1v) is 11.2. The molecule has 1 saturated heterocycles. The molecule has 1 unspecified atom stereocenters. The second kappa shape index (κ2) is 9.46. The minimum atomic E-state index is -0.818. The maximum Gasteiger partial charge on any atom is 0.270 e. The molecule has 0 aliphatic carbocycles. The largest absolute Gasteiger partial charge is 0.508 e. The van der Waals surface area contributed by atoms with E-state index in [-0.39, 0.29) is 22.4 Å². The molecular weight excluding hydrogens is 453 g/mol. The number of phenolic OH excluding ortho intramolecular Hbond substituents is 1. The van der Waals surface area contributed by atoms with Gasteiger partial charge in [-0.2, -0.15) is 0 Å². The van der Waals surface area contributed by atoms with Crippen molar-refractivity contribution in [3.8, 4) is 17.6 Å². The average Bonchev–Trinajstić information content (AvgIpc) is 2.77. The highest BCUT2D eigenvalue weighted by Crippen LogP contribution is 2.31. The van der Waals surface area contributed by atoms with E-state index in [9.17, 15) is 14.3 Å². The Bertz CT molecular complexity index is 1290. The Hall–Kier alpha value is -3.40. The van der Waals surface area contributed by atoms with E-state index in [1.54, 1.807) is 37.3 Å². The Labute approximate surface area is 203 Å². The maximum atomic E-state index is 14.0. The first kappa shape index (κ1) is 23.7. The molecular formula is C27H25ClFN3O2. The van der Waals surface area contributed by atoms with Gasteiger partial charge in [0, 0.05) is 34.9 Å². The number of nitrogens with zero attached hydrogens (tertiary/aromatic N) is 2. The van der Waals surface area contributed by atoms with Crippen molar-refractivity contribution >= 4 is 17.5 Å². The minimum absolute atomic E-state index is 0.0665. The van der Waals surface area contributed by atoms with E-state index in [4.69, 9.17) is 11.6 Å². The number of halogens is 2. The van der Waals surface area contributed by atoms with Crippen molar-refractivity contribution in [3.05, 3.63) is 93.5 Å². The van der Waals surface area contributed by atoms with Gasteiger partial charge < -0.3 is 15.3 Å². The smallest absolute Gasteiger partial charge is 0.270 e. The van der Waals surface area contributed by atoms with E-state index in [1.807, 2.05) is 6.07 Å². The molecule has 0 bridgehead atoms. The fraction of sp³-hybridized carbons (Fsp3) is 0.259. The molecule has 174 valence electrons. The third-order valence-corrected chi connectivity index (χ3v) is 5.96. The van der Waals surface area contributed by atoms with Crippen LogP contribution in [0, 0.1) is 30.0 Å². The van der Waals surface area contributed by atoms with Gasteiger partial charge in [0.25, 0.3) is 5.91 Å². The Morgan fingerprint density at radius 3 is 2.59 bits per heavy atom. The van der Waals surface area contributed by atoms with E-state index >= 15 is 0 Å². The molecule has 1 aromatic heterocycles. The van der Waals surface area contributed by atoms with E-state index < -0.39 is 17.8 Å². The average molecular weight is 478 g/mol. The van der Waals surface area contributed by atoms with Gasteiger partial charge in [-0.3, -0.25) is 4.79 Å². The molecule has 3 aromatic rings. The number of nitrogens with one attached hydrogen (secondary N) is 1. The SMILES string of the molecule is Cc1cc(C#CC2(C)CN(C)C2)cc(C(=O)NC(c2ccc(Cl)cc2)c2cc(F)ccc2O)n1. The summed E-state index contributed by atoms with van der Waals surface area (Å²) in [4.78, 5) is 19.8. The standard InChI is InChI=1S/C27H25ClFN3O2/c1-17-12-18(10-11-27(2)15-32(3)16-27)13-23(30-17)26(34)31-25(19-4-6-20(28)7-5-19)22-14-21(29)8-9-24(22)33/h4-9,12-14,25,33H,15-16H2,1-3H3,(H,31,34). The summed E-state index contributed by atoms with van der Waals surface area (Å²) in [6.45, 7) is 5.72. The highest BCUT2D eigenvalue weighted by Gasteiger charge is 2.34. The van der Waals surface area contributed by atoms with Gasteiger partial charge in [-0.1, -0.05) is 35.6 Å². The molecule has 2 aromatic carbocycles. The summed E-state index contributed by atoms with van der Waals surface area (Å²) in [5.74, 6) is 5.36. The summed E-state index contributed by atoms with van der Waals surface area (Å²) in [6.07, 6.45) is 0. The first-order valence-electron chi connectivity index (χ1n) is 10.9. The van der Waals surface area contributed by atoms with Gasteiger partial charge in [-0.05, 0) is 68.9 Å². The molecule has 1 amide bonds. The number of aromatic nitrogens is 1. The van der Waals surface area contributed by atoms with Crippen LogP contribution in [0.3, 0.4) is 0 Å². The number of benzene rings is 2. The molecule has 4 rings (SSSR count). The number of hydrogen-bond acceptors (Lipinski definition) is 4. The molecule has 7 heteroatoms. The number of aryl methyl sites for hydroxylation is 1. The molecule has 1 fully saturated rings. The lowest BCUT2D eigenvalue weighted by Gasteiger charge is -2.42. The van der Waals surface area contributed by atoms with Crippen LogP contribution in [0.15, 0.2) is 54.6 Å². The van der Waals surface area contributed by atoms with Crippen LogP contribution in [0.1, 0.15) is 45.8 Å².